The first-order valence-electron chi connectivity index (χ1n) is 6.17. The third-order valence-electron chi connectivity index (χ3n) is 4.23. The maximum absolute atomic E-state index is 5.61. The van der Waals surface area contributed by atoms with Crippen LogP contribution < -0.4 is 5.32 Å². The summed E-state index contributed by atoms with van der Waals surface area (Å²) in [7, 11) is 0. The van der Waals surface area contributed by atoms with Crippen LogP contribution in [0, 0.1) is 11.8 Å². The van der Waals surface area contributed by atoms with Crippen molar-refractivity contribution >= 4 is 0 Å². The first-order valence-corrected chi connectivity index (χ1v) is 6.17. The summed E-state index contributed by atoms with van der Waals surface area (Å²) >= 11 is 0. The zero-order valence-electron chi connectivity index (χ0n) is 9.28. The lowest BCUT2D eigenvalue weighted by atomic mass is 9.83. The third kappa shape index (κ3) is 1.43. The summed E-state index contributed by atoms with van der Waals surface area (Å²) in [6.07, 6.45) is 6.03. The molecule has 2 saturated carbocycles. The minimum Gasteiger partial charge on any atom is -0.469 e. The molecule has 1 heterocycles. The number of fused-ring (bicyclic) bond motifs is 2. The van der Waals surface area contributed by atoms with Crippen molar-refractivity contribution < 1.29 is 4.42 Å². The van der Waals surface area contributed by atoms with E-state index in [1.165, 1.54) is 25.0 Å². The van der Waals surface area contributed by atoms with Gasteiger partial charge in [0.05, 0.1) is 6.26 Å². The van der Waals surface area contributed by atoms with E-state index in [4.69, 9.17) is 4.42 Å². The van der Waals surface area contributed by atoms with Crippen LogP contribution in [0.5, 0.6) is 0 Å². The van der Waals surface area contributed by atoms with Gasteiger partial charge in [-0.1, -0.05) is 6.92 Å². The Morgan fingerprint density at radius 3 is 3.00 bits per heavy atom. The number of nitrogens with one attached hydrogen (secondary N) is 1. The van der Waals surface area contributed by atoms with Crippen LogP contribution in [0.3, 0.4) is 0 Å². The maximum Gasteiger partial charge on any atom is 0.108 e. The highest BCUT2D eigenvalue weighted by molar-refractivity contribution is 5.17. The summed E-state index contributed by atoms with van der Waals surface area (Å²) in [4.78, 5) is 0. The molecular formula is C13H19NO. The monoisotopic (exact) mass is 205 g/mol. The highest BCUT2D eigenvalue weighted by Crippen LogP contribution is 2.52. The molecule has 2 aliphatic rings. The zero-order chi connectivity index (χ0) is 10.3. The smallest absolute Gasteiger partial charge is 0.108 e. The number of rotatable bonds is 3. The fraction of sp³-hybridized carbons (Fsp3) is 0.692. The molecule has 0 amide bonds. The molecule has 2 aliphatic carbocycles. The Morgan fingerprint density at radius 2 is 2.27 bits per heavy atom. The maximum atomic E-state index is 5.61. The van der Waals surface area contributed by atoms with Crippen molar-refractivity contribution in [1.82, 2.24) is 5.32 Å². The Kier molecular flexibility index (Phi) is 2.32. The lowest BCUT2D eigenvalue weighted by Crippen LogP contribution is -2.39. The second-order valence-corrected chi connectivity index (χ2v) is 4.96. The fourth-order valence-electron chi connectivity index (χ4n) is 3.71. The van der Waals surface area contributed by atoms with Crippen molar-refractivity contribution in [1.29, 1.82) is 0 Å². The molecule has 4 unspecified atom stereocenters. The van der Waals surface area contributed by atoms with Crippen LogP contribution >= 0.6 is 0 Å². The van der Waals surface area contributed by atoms with Crippen molar-refractivity contribution in [3.63, 3.8) is 0 Å². The molecule has 4 atom stereocenters. The van der Waals surface area contributed by atoms with Crippen LogP contribution in [-0.4, -0.2) is 12.6 Å². The van der Waals surface area contributed by atoms with Gasteiger partial charge in [0.15, 0.2) is 0 Å². The lowest BCUT2D eigenvalue weighted by molar-refractivity contribution is 0.282. The molecule has 2 heteroatoms. The van der Waals surface area contributed by atoms with E-state index in [0.717, 1.165) is 18.4 Å². The molecule has 3 rings (SSSR count). The van der Waals surface area contributed by atoms with Gasteiger partial charge in [-0.2, -0.15) is 0 Å². The normalized spacial score (nSPS) is 38.7. The van der Waals surface area contributed by atoms with Crippen LogP contribution in [-0.2, 0) is 0 Å². The van der Waals surface area contributed by atoms with E-state index in [0.29, 0.717) is 12.0 Å². The molecule has 0 aliphatic heterocycles. The Hall–Kier alpha value is -0.760. The van der Waals surface area contributed by atoms with Gasteiger partial charge in [-0.05, 0) is 49.8 Å². The lowest BCUT2D eigenvalue weighted by Gasteiger charge is -2.30. The predicted molar refractivity (Wildman–Crippen MR) is 59.7 cm³/mol. The van der Waals surface area contributed by atoms with E-state index in [2.05, 4.69) is 18.3 Å². The molecule has 0 saturated heterocycles. The Bertz CT molecular complexity index is 319. The standard InChI is InChI=1S/C13H19NO/c1-2-14-13-10-6-5-9(8-10)12(13)11-4-3-7-15-11/h3-4,7,9-10,12-14H,2,5-6,8H2,1H3. The van der Waals surface area contributed by atoms with Crippen molar-refractivity contribution in [2.75, 3.05) is 6.54 Å². The number of hydrogen-bond acceptors (Lipinski definition) is 2. The summed E-state index contributed by atoms with van der Waals surface area (Å²) in [6.45, 7) is 3.27. The largest absolute Gasteiger partial charge is 0.469 e. The van der Waals surface area contributed by atoms with E-state index < -0.39 is 0 Å². The topological polar surface area (TPSA) is 25.2 Å². The van der Waals surface area contributed by atoms with Gasteiger partial charge in [-0.15, -0.1) is 0 Å². The third-order valence-corrected chi connectivity index (χ3v) is 4.23. The first-order chi connectivity index (χ1) is 7.40. The summed E-state index contributed by atoms with van der Waals surface area (Å²) in [5.74, 6) is 3.60. The van der Waals surface area contributed by atoms with Crippen LogP contribution in [0.25, 0.3) is 0 Å². The second-order valence-electron chi connectivity index (χ2n) is 4.96. The summed E-state index contributed by atoms with van der Waals surface area (Å²) in [5.41, 5.74) is 0. The van der Waals surface area contributed by atoms with Gasteiger partial charge >= 0.3 is 0 Å². The highest BCUT2D eigenvalue weighted by atomic mass is 16.3. The zero-order valence-corrected chi connectivity index (χ0v) is 9.28. The molecule has 1 aromatic heterocycles. The fourth-order valence-corrected chi connectivity index (χ4v) is 3.71. The van der Waals surface area contributed by atoms with Crippen LogP contribution in [0.2, 0.25) is 0 Å². The molecule has 0 spiro atoms. The Balaban J connectivity index is 1.86. The Morgan fingerprint density at radius 1 is 1.40 bits per heavy atom. The average Bonchev–Trinajstić information content (AvgIpc) is 2.93. The molecule has 1 N–H and O–H groups in total. The van der Waals surface area contributed by atoms with E-state index in [1.54, 1.807) is 0 Å². The molecule has 0 radical (unpaired) electrons. The van der Waals surface area contributed by atoms with Gasteiger partial charge in [0.25, 0.3) is 0 Å². The van der Waals surface area contributed by atoms with Gasteiger partial charge in [0.1, 0.15) is 5.76 Å². The van der Waals surface area contributed by atoms with Crippen molar-refractivity contribution in [2.45, 2.75) is 38.1 Å². The molecule has 2 bridgehead atoms. The number of likely N-dealkylation sites (N-methyl/N-ethyl adjacent to an activating group) is 1. The summed E-state index contributed by atoms with van der Waals surface area (Å²) in [5, 5.41) is 3.65. The second kappa shape index (κ2) is 3.67. The van der Waals surface area contributed by atoms with E-state index in [-0.39, 0.29) is 0 Å². The van der Waals surface area contributed by atoms with Crippen molar-refractivity contribution in [2.24, 2.45) is 11.8 Å². The van der Waals surface area contributed by atoms with Crippen LogP contribution in [0.4, 0.5) is 0 Å². The van der Waals surface area contributed by atoms with E-state index in [9.17, 15) is 0 Å². The van der Waals surface area contributed by atoms with Gasteiger partial charge in [0, 0.05) is 12.0 Å². The minimum atomic E-state index is 0.638. The van der Waals surface area contributed by atoms with Crippen LogP contribution in [0.1, 0.15) is 37.9 Å². The quantitative estimate of drug-likeness (QED) is 0.820. The van der Waals surface area contributed by atoms with Gasteiger partial charge in [-0.3, -0.25) is 0 Å². The number of hydrogen-bond donors (Lipinski definition) is 1. The van der Waals surface area contributed by atoms with Crippen molar-refractivity contribution in [3.05, 3.63) is 24.2 Å². The molecule has 0 aromatic carbocycles. The molecule has 2 fully saturated rings. The Labute approximate surface area is 91.0 Å². The van der Waals surface area contributed by atoms with Gasteiger partial charge in [-0.25, -0.2) is 0 Å². The molecular weight excluding hydrogens is 186 g/mol. The molecule has 2 nitrogen and oxygen atoms in total. The molecule has 1 aromatic rings. The average molecular weight is 205 g/mol. The minimum absolute atomic E-state index is 0.638. The summed E-state index contributed by atoms with van der Waals surface area (Å²) in [6, 6.07) is 4.83. The summed E-state index contributed by atoms with van der Waals surface area (Å²) < 4.78 is 5.61. The molecule has 15 heavy (non-hydrogen) atoms. The van der Waals surface area contributed by atoms with Crippen LogP contribution in [0.15, 0.2) is 22.8 Å². The van der Waals surface area contributed by atoms with E-state index >= 15 is 0 Å². The predicted octanol–water partition coefficient (Wildman–Crippen LogP) is 2.77. The SMILES string of the molecule is CCNC1C2CCC(C2)C1c1ccco1. The molecule has 82 valence electrons. The highest BCUT2D eigenvalue weighted by Gasteiger charge is 2.48. The van der Waals surface area contributed by atoms with Gasteiger partial charge in [0.2, 0.25) is 0 Å². The first kappa shape index (κ1) is 9.46. The number of furan rings is 1. The van der Waals surface area contributed by atoms with Gasteiger partial charge < -0.3 is 9.73 Å². The van der Waals surface area contributed by atoms with Crippen molar-refractivity contribution in [3.8, 4) is 0 Å². The van der Waals surface area contributed by atoms with E-state index in [1.807, 2.05) is 12.3 Å².